The third-order valence-electron chi connectivity index (χ3n) is 1.19. The zero-order chi connectivity index (χ0) is 9.35. The first-order valence-electron chi connectivity index (χ1n) is 2.86. The molecule has 1 radical (unpaired) electrons. The van der Waals surface area contributed by atoms with Crippen LogP contribution in [-0.4, -0.2) is 0 Å². The number of halogens is 5. The Morgan fingerprint density at radius 2 is 1.83 bits per heavy atom. The SMILES string of the molecule is FC(F)(F)c1cc[c]c(Br)c1Br. The molecular weight excluding hydrogens is 301 g/mol. The van der Waals surface area contributed by atoms with Crippen molar-refractivity contribution in [1.29, 1.82) is 0 Å². The van der Waals surface area contributed by atoms with E-state index in [2.05, 4.69) is 37.9 Å². The molecule has 12 heavy (non-hydrogen) atoms. The molecule has 0 saturated carbocycles. The van der Waals surface area contributed by atoms with Gasteiger partial charge in [0, 0.05) is 8.95 Å². The quantitative estimate of drug-likeness (QED) is 0.679. The van der Waals surface area contributed by atoms with E-state index in [0.717, 1.165) is 6.07 Å². The lowest BCUT2D eigenvalue weighted by Crippen LogP contribution is -2.05. The number of alkyl halides is 3. The van der Waals surface area contributed by atoms with Crippen LogP contribution in [0.5, 0.6) is 0 Å². The second-order valence-electron chi connectivity index (χ2n) is 2.02. The molecule has 0 atom stereocenters. The maximum absolute atomic E-state index is 12.2. The van der Waals surface area contributed by atoms with Crippen LogP contribution in [0.1, 0.15) is 5.56 Å². The van der Waals surface area contributed by atoms with Crippen molar-refractivity contribution in [2.75, 3.05) is 0 Å². The lowest BCUT2D eigenvalue weighted by Gasteiger charge is -2.08. The molecule has 0 unspecified atom stereocenters. The fourth-order valence-electron chi connectivity index (χ4n) is 0.672. The summed E-state index contributed by atoms with van der Waals surface area (Å²) in [6.07, 6.45) is -4.32. The van der Waals surface area contributed by atoms with Crippen LogP contribution in [0.2, 0.25) is 0 Å². The summed E-state index contributed by atoms with van der Waals surface area (Å²) in [7, 11) is 0. The molecule has 0 aliphatic carbocycles. The van der Waals surface area contributed by atoms with E-state index < -0.39 is 11.7 Å². The second-order valence-corrected chi connectivity index (χ2v) is 3.60. The summed E-state index contributed by atoms with van der Waals surface area (Å²) in [6.45, 7) is 0. The van der Waals surface area contributed by atoms with E-state index in [4.69, 9.17) is 0 Å². The first-order valence-corrected chi connectivity index (χ1v) is 4.44. The summed E-state index contributed by atoms with van der Waals surface area (Å²) in [6, 6.07) is 4.77. The van der Waals surface area contributed by atoms with E-state index in [9.17, 15) is 13.2 Å². The Balaban J connectivity index is 3.26. The van der Waals surface area contributed by atoms with Crippen molar-refractivity contribution in [2.24, 2.45) is 0 Å². The molecule has 1 aromatic carbocycles. The summed E-state index contributed by atoms with van der Waals surface area (Å²) < 4.78 is 36.8. The van der Waals surface area contributed by atoms with Gasteiger partial charge in [-0.2, -0.15) is 13.2 Å². The van der Waals surface area contributed by atoms with Crippen molar-refractivity contribution in [3.8, 4) is 0 Å². The number of hydrogen-bond donors (Lipinski definition) is 0. The molecular formula is C7H2Br2F3. The topological polar surface area (TPSA) is 0 Å². The summed E-state index contributed by atoms with van der Waals surface area (Å²) in [5, 5.41) is 0. The van der Waals surface area contributed by atoms with Gasteiger partial charge in [0.1, 0.15) is 0 Å². The number of hydrogen-bond acceptors (Lipinski definition) is 0. The smallest absolute Gasteiger partial charge is 0.166 e. The van der Waals surface area contributed by atoms with Crippen molar-refractivity contribution in [3.05, 3.63) is 32.7 Å². The zero-order valence-corrected chi connectivity index (χ0v) is 8.72. The van der Waals surface area contributed by atoms with Crippen LogP contribution < -0.4 is 0 Å². The van der Waals surface area contributed by atoms with Crippen LogP contribution in [0.3, 0.4) is 0 Å². The summed E-state index contributed by atoms with van der Waals surface area (Å²) >= 11 is 5.75. The Bertz CT molecular complexity index is 293. The largest absolute Gasteiger partial charge is 0.417 e. The van der Waals surface area contributed by atoms with Gasteiger partial charge < -0.3 is 0 Å². The third-order valence-corrected chi connectivity index (χ3v) is 3.18. The van der Waals surface area contributed by atoms with Gasteiger partial charge in [-0.1, -0.05) is 6.07 Å². The molecule has 0 aromatic heterocycles. The van der Waals surface area contributed by atoms with E-state index in [1.165, 1.54) is 6.07 Å². The number of rotatable bonds is 0. The molecule has 5 heteroatoms. The summed E-state index contributed by atoms with van der Waals surface area (Å²) in [4.78, 5) is 0. The van der Waals surface area contributed by atoms with Crippen LogP contribution >= 0.6 is 31.9 Å². The minimum atomic E-state index is -4.32. The molecule has 0 heterocycles. The molecule has 65 valence electrons. The van der Waals surface area contributed by atoms with Gasteiger partial charge in [-0.25, -0.2) is 0 Å². The molecule has 0 saturated heterocycles. The van der Waals surface area contributed by atoms with Crippen molar-refractivity contribution >= 4 is 31.9 Å². The van der Waals surface area contributed by atoms with E-state index in [1.807, 2.05) is 0 Å². The lowest BCUT2D eigenvalue weighted by atomic mass is 10.2. The van der Waals surface area contributed by atoms with E-state index in [-0.39, 0.29) is 8.95 Å². The van der Waals surface area contributed by atoms with Gasteiger partial charge in [-0.15, -0.1) is 0 Å². The van der Waals surface area contributed by atoms with Crippen LogP contribution in [0.15, 0.2) is 21.1 Å². The number of benzene rings is 1. The van der Waals surface area contributed by atoms with Crippen LogP contribution in [0.25, 0.3) is 0 Å². The van der Waals surface area contributed by atoms with Gasteiger partial charge in [0.25, 0.3) is 0 Å². The molecule has 0 fully saturated rings. The van der Waals surface area contributed by atoms with Gasteiger partial charge in [0.2, 0.25) is 0 Å². The second kappa shape index (κ2) is 3.38. The monoisotopic (exact) mass is 301 g/mol. The Labute approximate surface area is 84.0 Å². The maximum atomic E-state index is 12.2. The Morgan fingerprint density at radius 3 is 2.25 bits per heavy atom. The van der Waals surface area contributed by atoms with Crippen LogP contribution in [0.4, 0.5) is 13.2 Å². The Kier molecular flexibility index (Phi) is 2.83. The minimum absolute atomic E-state index is 0.0162. The Morgan fingerprint density at radius 1 is 1.25 bits per heavy atom. The van der Waals surface area contributed by atoms with Crippen molar-refractivity contribution in [1.82, 2.24) is 0 Å². The molecule has 0 aliphatic rings. The lowest BCUT2D eigenvalue weighted by molar-refractivity contribution is -0.138. The molecule has 0 aliphatic heterocycles. The standard InChI is InChI=1S/C7H2Br2F3/c8-5-3-1-2-4(6(5)9)7(10,11)12/h1-2H. The highest BCUT2D eigenvalue weighted by atomic mass is 79.9. The third kappa shape index (κ3) is 2.01. The molecule has 0 bridgehead atoms. The fourth-order valence-corrected chi connectivity index (χ4v) is 1.49. The summed E-state index contributed by atoms with van der Waals surface area (Å²) in [5.74, 6) is 0. The highest BCUT2D eigenvalue weighted by molar-refractivity contribution is 9.13. The predicted molar refractivity (Wildman–Crippen MR) is 45.7 cm³/mol. The average Bonchev–Trinajstić information content (AvgIpc) is 1.92. The molecule has 0 nitrogen and oxygen atoms in total. The molecule has 0 spiro atoms. The van der Waals surface area contributed by atoms with Gasteiger partial charge in [0.05, 0.1) is 5.56 Å². The first-order chi connectivity index (χ1) is 5.43. The van der Waals surface area contributed by atoms with Gasteiger partial charge >= 0.3 is 6.18 Å². The van der Waals surface area contributed by atoms with Crippen molar-refractivity contribution < 1.29 is 13.2 Å². The maximum Gasteiger partial charge on any atom is 0.417 e. The van der Waals surface area contributed by atoms with E-state index >= 15 is 0 Å². The predicted octanol–water partition coefficient (Wildman–Crippen LogP) is 4.03. The van der Waals surface area contributed by atoms with Crippen molar-refractivity contribution in [3.63, 3.8) is 0 Å². The molecule has 1 rings (SSSR count). The highest BCUT2D eigenvalue weighted by Gasteiger charge is 2.33. The first kappa shape index (κ1) is 10.1. The van der Waals surface area contributed by atoms with Crippen LogP contribution in [0, 0.1) is 6.07 Å². The normalized spacial score (nSPS) is 11.8. The van der Waals surface area contributed by atoms with E-state index in [0.29, 0.717) is 0 Å². The van der Waals surface area contributed by atoms with E-state index in [1.54, 1.807) is 0 Å². The molecule has 0 amide bonds. The fraction of sp³-hybridized carbons (Fsp3) is 0.143. The molecule has 0 N–H and O–H groups in total. The van der Waals surface area contributed by atoms with Gasteiger partial charge in [-0.05, 0) is 44.0 Å². The van der Waals surface area contributed by atoms with Gasteiger partial charge in [0.15, 0.2) is 0 Å². The van der Waals surface area contributed by atoms with Gasteiger partial charge in [-0.3, -0.25) is 0 Å². The highest BCUT2D eigenvalue weighted by Crippen LogP contribution is 2.37. The zero-order valence-electron chi connectivity index (χ0n) is 5.54. The molecule has 1 aromatic rings. The Hall–Kier alpha value is -0.0300. The minimum Gasteiger partial charge on any atom is -0.166 e. The van der Waals surface area contributed by atoms with Crippen LogP contribution in [-0.2, 0) is 6.18 Å². The average molecular weight is 303 g/mol. The van der Waals surface area contributed by atoms with Crippen molar-refractivity contribution in [2.45, 2.75) is 6.18 Å². The summed E-state index contributed by atoms with van der Waals surface area (Å²) in [5.41, 5.74) is -0.701.